The first kappa shape index (κ1) is 20.3. The number of guanidine groups is 1. The van der Waals surface area contributed by atoms with Gasteiger partial charge in [0.05, 0.1) is 17.0 Å². The summed E-state index contributed by atoms with van der Waals surface area (Å²) in [5, 5.41) is 2.53. The molecule has 2 aliphatic heterocycles. The molecule has 4 rings (SSSR count). The van der Waals surface area contributed by atoms with Gasteiger partial charge in [-0.25, -0.2) is 13.2 Å². The van der Waals surface area contributed by atoms with E-state index in [4.69, 9.17) is 4.42 Å². The lowest BCUT2D eigenvalue weighted by atomic mass is 9.97. The minimum atomic E-state index is -3.79. The summed E-state index contributed by atoms with van der Waals surface area (Å²) in [6.45, 7) is 0.486. The lowest BCUT2D eigenvalue weighted by Gasteiger charge is -2.29. The number of carbonyl (C=O) groups excluding carboxylic acids is 2. The predicted molar refractivity (Wildman–Crippen MR) is 106 cm³/mol. The average Bonchev–Trinajstić information content (AvgIpc) is 3.18. The highest BCUT2D eigenvalue weighted by molar-refractivity contribution is 7.89. The summed E-state index contributed by atoms with van der Waals surface area (Å²) in [6.07, 6.45) is 0.657. The molecule has 2 saturated heterocycles. The largest absolute Gasteiger partial charge is 0.419 e. The fourth-order valence-corrected chi connectivity index (χ4v) is 5.11. The van der Waals surface area contributed by atoms with Crippen LogP contribution in [0.1, 0.15) is 12.8 Å². The predicted octanol–water partition coefficient (Wildman–Crippen LogP) is -0.524. The van der Waals surface area contributed by atoms with Crippen LogP contribution in [0.2, 0.25) is 0 Å². The van der Waals surface area contributed by atoms with Crippen LogP contribution in [0, 0.1) is 5.92 Å². The lowest BCUT2D eigenvalue weighted by Crippen LogP contribution is -2.40. The molecule has 0 atom stereocenters. The molecule has 160 valence electrons. The van der Waals surface area contributed by atoms with E-state index in [2.05, 4.69) is 10.3 Å². The minimum Gasteiger partial charge on any atom is -0.408 e. The Kier molecular flexibility index (Phi) is 4.98. The Bertz CT molecular complexity index is 1220. The van der Waals surface area contributed by atoms with Crippen molar-refractivity contribution in [2.45, 2.75) is 17.7 Å². The number of piperidine rings is 1. The third kappa shape index (κ3) is 3.52. The molecule has 2 amide bonds. The zero-order chi connectivity index (χ0) is 21.6. The van der Waals surface area contributed by atoms with Crippen molar-refractivity contribution in [3.63, 3.8) is 0 Å². The number of aryl methyl sites for hydroxylation is 1. The molecule has 2 fully saturated rings. The number of hydrogen-bond donors (Lipinski definition) is 1. The van der Waals surface area contributed by atoms with Crippen molar-refractivity contribution in [1.82, 2.24) is 19.1 Å². The van der Waals surface area contributed by atoms with Gasteiger partial charge in [0.2, 0.25) is 21.9 Å². The molecule has 2 aliphatic rings. The molecule has 1 N–H and O–H groups in total. The molecular weight excluding hydrogens is 414 g/mol. The maximum Gasteiger partial charge on any atom is 0.419 e. The van der Waals surface area contributed by atoms with E-state index in [1.807, 2.05) is 0 Å². The highest BCUT2D eigenvalue weighted by Crippen LogP contribution is 2.26. The first-order valence-electron chi connectivity index (χ1n) is 9.40. The Labute approximate surface area is 172 Å². The summed E-state index contributed by atoms with van der Waals surface area (Å²) in [4.78, 5) is 41.0. The monoisotopic (exact) mass is 435 g/mol. The quantitative estimate of drug-likeness (QED) is 0.685. The topological polar surface area (TPSA) is 134 Å². The van der Waals surface area contributed by atoms with Crippen molar-refractivity contribution in [2.24, 2.45) is 18.0 Å². The molecule has 1 aromatic heterocycles. The number of hydrogen-bond acceptors (Lipinski definition) is 6. The normalized spacial score (nSPS) is 20.3. The Morgan fingerprint density at radius 1 is 1.20 bits per heavy atom. The van der Waals surface area contributed by atoms with Gasteiger partial charge in [0.15, 0.2) is 5.58 Å². The van der Waals surface area contributed by atoms with Crippen LogP contribution in [0.4, 0.5) is 0 Å². The van der Waals surface area contributed by atoms with Crippen molar-refractivity contribution in [3.8, 4) is 0 Å². The van der Waals surface area contributed by atoms with Gasteiger partial charge in [-0.05, 0) is 25.0 Å². The number of aliphatic imine (C=N–C) groups is 1. The first-order valence-corrected chi connectivity index (χ1v) is 10.8. The molecule has 3 heterocycles. The van der Waals surface area contributed by atoms with Gasteiger partial charge in [0.1, 0.15) is 0 Å². The molecule has 12 heteroatoms. The summed E-state index contributed by atoms with van der Waals surface area (Å²) in [5.41, 5.74) is 0.707. The number of nitrogens with one attached hydrogen (secondary N) is 1. The number of sulfonamides is 1. The van der Waals surface area contributed by atoms with Crippen molar-refractivity contribution in [2.75, 3.05) is 26.7 Å². The van der Waals surface area contributed by atoms with Crippen molar-refractivity contribution in [1.29, 1.82) is 0 Å². The number of rotatable bonds is 3. The van der Waals surface area contributed by atoms with Crippen molar-refractivity contribution >= 4 is 38.9 Å². The molecule has 0 unspecified atom stereocenters. The van der Waals surface area contributed by atoms with E-state index in [1.54, 1.807) is 19.0 Å². The number of aromatic nitrogens is 1. The van der Waals surface area contributed by atoms with Crippen LogP contribution < -0.4 is 11.1 Å². The molecule has 30 heavy (non-hydrogen) atoms. The van der Waals surface area contributed by atoms with E-state index >= 15 is 0 Å². The number of amides is 2. The molecule has 1 aromatic carbocycles. The van der Waals surface area contributed by atoms with Crippen LogP contribution in [-0.4, -0.2) is 66.6 Å². The fourth-order valence-electron chi connectivity index (χ4n) is 3.63. The molecule has 11 nitrogen and oxygen atoms in total. The standard InChI is InChI=1S/C18H21N5O6S/c1-21-10-15(24)19-17(21)20-16(25)11-5-7-23(8-6-11)30(27,28)12-3-4-13-14(9-12)29-18(26)22(13)2/h3-4,9,11H,5-8,10H2,1-2H3,(H,19,20,24,25). The van der Waals surface area contributed by atoms with Gasteiger partial charge in [-0.1, -0.05) is 0 Å². The Morgan fingerprint density at radius 2 is 1.90 bits per heavy atom. The number of likely N-dealkylation sites (N-methyl/N-ethyl adjacent to an activating group) is 1. The molecule has 0 bridgehead atoms. The van der Waals surface area contributed by atoms with Gasteiger partial charge in [-0.2, -0.15) is 9.30 Å². The van der Waals surface area contributed by atoms with E-state index in [-0.39, 0.29) is 47.9 Å². The molecule has 0 spiro atoms. The number of nitrogens with zero attached hydrogens (tertiary/aromatic N) is 4. The van der Waals surface area contributed by atoms with E-state index in [9.17, 15) is 22.8 Å². The highest BCUT2D eigenvalue weighted by atomic mass is 32.2. The van der Waals surface area contributed by atoms with Gasteiger partial charge in [0, 0.05) is 39.2 Å². The van der Waals surface area contributed by atoms with Gasteiger partial charge in [-0.3, -0.25) is 19.5 Å². The average molecular weight is 435 g/mol. The van der Waals surface area contributed by atoms with E-state index in [1.165, 1.54) is 27.1 Å². The highest BCUT2D eigenvalue weighted by Gasteiger charge is 2.33. The third-order valence-corrected chi connectivity index (χ3v) is 7.31. The van der Waals surface area contributed by atoms with Crippen LogP contribution in [0.25, 0.3) is 11.1 Å². The Morgan fingerprint density at radius 3 is 2.53 bits per heavy atom. The summed E-state index contributed by atoms with van der Waals surface area (Å²) >= 11 is 0. The lowest BCUT2D eigenvalue weighted by molar-refractivity contribution is -0.122. The van der Waals surface area contributed by atoms with E-state index in [0.717, 1.165) is 0 Å². The second-order valence-corrected chi connectivity index (χ2v) is 9.35. The first-order chi connectivity index (χ1) is 14.2. The maximum absolute atomic E-state index is 13.0. The van der Waals surface area contributed by atoms with Crippen molar-refractivity contribution in [3.05, 3.63) is 28.7 Å². The zero-order valence-corrected chi connectivity index (χ0v) is 17.3. The summed E-state index contributed by atoms with van der Waals surface area (Å²) < 4.78 is 33.7. The molecule has 0 aliphatic carbocycles. The Hall–Kier alpha value is -2.99. The number of fused-ring (bicyclic) bond motifs is 1. The summed E-state index contributed by atoms with van der Waals surface area (Å²) in [7, 11) is -0.594. The second kappa shape index (κ2) is 7.36. The molecule has 0 radical (unpaired) electrons. The van der Waals surface area contributed by atoms with Crippen LogP contribution in [0.5, 0.6) is 0 Å². The second-order valence-electron chi connectivity index (χ2n) is 7.41. The van der Waals surface area contributed by atoms with E-state index in [0.29, 0.717) is 18.4 Å². The third-order valence-electron chi connectivity index (χ3n) is 5.41. The van der Waals surface area contributed by atoms with Crippen molar-refractivity contribution < 1.29 is 22.4 Å². The van der Waals surface area contributed by atoms with Gasteiger partial charge >= 0.3 is 5.76 Å². The van der Waals surface area contributed by atoms with Crippen LogP contribution in [0.3, 0.4) is 0 Å². The van der Waals surface area contributed by atoms with Crippen LogP contribution in [0.15, 0.2) is 37.3 Å². The number of carbonyl (C=O) groups is 2. The molecule has 0 saturated carbocycles. The fraction of sp³-hybridized carbons (Fsp3) is 0.444. The van der Waals surface area contributed by atoms with Gasteiger partial charge in [0.25, 0.3) is 5.91 Å². The molecular formula is C18H21N5O6S. The number of benzene rings is 1. The summed E-state index contributed by atoms with van der Waals surface area (Å²) in [6, 6.07) is 4.31. The minimum absolute atomic E-state index is 0.0321. The Balaban J connectivity index is 1.47. The van der Waals surface area contributed by atoms with Crippen LogP contribution >= 0.6 is 0 Å². The molecule has 2 aromatic rings. The van der Waals surface area contributed by atoms with Gasteiger partial charge < -0.3 is 9.32 Å². The number of oxazole rings is 1. The maximum atomic E-state index is 13.0. The zero-order valence-electron chi connectivity index (χ0n) is 16.5. The van der Waals surface area contributed by atoms with Gasteiger partial charge in [-0.15, -0.1) is 0 Å². The van der Waals surface area contributed by atoms with E-state index < -0.39 is 21.7 Å². The smallest absolute Gasteiger partial charge is 0.408 e. The SMILES string of the molecule is CN1CC(=O)NC1=NC(=O)C1CCN(S(=O)(=O)c2ccc3c(c2)oc(=O)n3C)CC1. The summed E-state index contributed by atoms with van der Waals surface area (Å²) in [5.74, 6) is -1.36. The van der Waals surface area contributed by atoms with Crippen LogP contribution in [-0.2, 0) is 26.7 Å².